The Labute approximate surface area is 288 Å². The molecule has 2 N–H and O–H groups in total. The predicted octanol–water partition coefficient (Wildman–Crippen LogP) is 8.38. The van der Waals surface area contributed by atoms with Crippen LogP contribution in [0.15, 0.2) is 54.7 Å². The van der Waals surface area contributed by atoms with Crippen LogP contribution in [0.1, 0.15) is 126 Å². The van der Waals surface area contributed by atoms with E-state index in [9.17, 15) is 9.59 Å². The first-order chi connectivity index (χ1) is 23.6. The molecular formula is C39H48N6O4. The predicted molar refractivity (Wildman–Crippen MR) is 186 cm³/mol. The van der Waals surface area contributed by atoms with Gasteiger partial charge in [0.1, 0.15) is 23.9 Å². The van der Waals surface area contributed by atoms with Gasteiger partial charge in [-0.2, -0.15) is 0 Å². The van der Waals surface area contributed by atoms with Crippen LogP contribution in [0.3, 0.4) is 0 Å². The van der Waals surface area contributed by atoms with Gasteiger partial charge < -0.3 is 19.4 Å². The number of nitrogens with one attached hydrogen (secondary N) is 2. The average molecular weight is 665 g/mol. The molecule has 2 saturated heterocycles. The molecule has 258 valence electrons. The number of hydrogen-bond acceptors (Lipinski definition) is 6. The van der Waals surface area contributed by atoms with Crippen molar-refractivity contribution in [2.45, 2.75) is 120 Å². The summed E-state index contributed by atoms with van der Waals surface area (Å²) in [5.74, 6) is 1.73. The number of carbonyl (C=O) groups is 2. The van der Waals surface area contributed by atoms with Crippen molar-refractivity contribution in [3.63, 3.8) is 0 Å². The van der Waals surface area contributed by atoms with Gasteiger partial charge in [0.2, 0.25) is 0 Å². The zero-order valence-corrected chi connectivity index (χ0v) is 29.0. The Bertz CT molecular complexity index is 1820. The number of likely N-dealkylation sites (tertiary alicyclic amines) is 2. The minimum Gasteiger partial charge on any atom is -0.445 e. The number of nitrogens with zero attached hydrogens (tertiary/aromatic N) is 4. The molecule has 3 saturated carbocycles. The van der Waals surface area contributed by atoms with Crippen molar-refractivity contribution in [1.82, 2.24) is 29.7 Å². The van der Waals surface area contributed by atoms with Crippen LogP contribution >= 0.6 is 0 Å². The summed E-state index contributed by atoms with van der Waals surface area (Å²) < 4.78 is 11.4. The molecule has 0 radical (unpaired) electrons. The molecule has 0 unspecified atom stereocenters. The molecule has 2 aliphatic heterocycles. The molecule has 5 fully saturated rings. The fourth-order valence-corrected chi connectivity index (χ4v) is 8.98. The van der Waals surface area contributed by atoms with Crippen molar-refractivity contribution in [3.05, 3.63) is 83.2 Å². The van der Waals surface area contributed by atoms with Crippen molar-refractivity contribution < 1.29 is 19.1 Å². The van der Waals surface area contributed by atoms with Gasteiger partial charge in [0.25, 0.3) is 0 Å². The van der Waals surface area contributed by atoms with Gasteiger partial charge in [-0.05, 0) is 114 Å². The molecule has 10 heteroatoms. The molecule has 2 amide bonds. The molecule has 4 aromatic rings. The van der Waals surface area contributed by atoms with E-state index >= 15 is 0 Å². The topological polar surface area (TPSA) is 116 Å². The fraction of sp³-hybridized carbons (Fsp3) is 0.538. The lowest BCUT2D eigenvalue weighted by molar-refractivity contribution is 0.0218. The molecule has 9 rings (SSSR count). The third-order valence-corrected chi connectivity index (χ3v) is 11.7. The van der Waals surface area contributed by atoms with E-state index in [0.717, 1.165) is 92.5 Å². The van der Waals surface area contributed by atoms with Gasteiger partial charge >= 0.3 is 12.2 Å². The highest BCUT2D eigenvalue weighted by Crippen LogP contribution is 2.58. The number of fused-ring (bicyclic) bond motifs is 4. The van der Waals surface area contributed by atoms with Gasteiger partial charge in [-0.15, -0.1) is 0 Å². The Morgan fingerprint density at radius 3 is 2.18 bits per heavy atom. The van der Waals surface area contributed by atoms with Crippen molar-refractivity contribution in [3.8, 4) is 0 Å². The molecule has 10 nitrogen and oxygen atoms in total. The van der Waals surface area contributed by atoms with E-state index in [2.05, 4.69) is 28.2 Å². The van der Waals surface area contributed by atoms with E-state index in [0.29, 0.717) is 13.1 Å². The summed E-state index contributed by atoms with van der Waals surface area (Å²) in [6.07, 6.45) is 11.9. The van der Waals surface area contributed by atoms with Gasteiger partial charge in [0, 0.05) is 30.4 Å². The lowest BCUT2D eigenvalue weighted by atomic mass is 9.51. The van der Waals surface area contributed by atoms with E-state index in [1.165, 1.54) is 11.3 Å². The van der Waals surface area contributed by atoms with Gasteiger partial charge in [0.05, 0.1) is 23.1 Å². The smallest absolute Gasteiger partial charge is 0.410 e. The highest BCUT2D eigenvalue weighted by Gasteiger charge is 2.51. The third kappa shape index (κ3) is 5.97. The Kier molecular flexibility index (Phi) is 7.95. The Morgan fingerprint density at radius 1 is 0.837 bits per heavy atom. The van der Waals surface area contributed by atoms with Crippen LogP contribution in [-0.4, -0.2) is 60.6 Å². The number of carbonyl (C=O) groups excluding carboxylic acids is 2. The number of ether oxygens (including phenoxy) is 2. The zero-order chi connectivity index (χ0) is 33.8. The summed E-state index contributed by atoms with van der Waals surface area (Å²) in [7, 11) is 0. The summed E-state index contributed by atoms with van der Waals surface area (Å²) in [5.41, 5.74) is 5.32. The first kappa shape index (κ1) is 31.9. The maximum atomic E-state index is 13.1. The molecule has 3 aliphatic carbocycles. The molecule has 2 bridgehead atoms. The summed E-state index contributed by atoms with van der Waals surface area (Å²) in [5, 5.41) is 0. The van der Waals surface area contributed by atoms with Gasteiger partial charge in [-0.25, -0.2) is 19.6 Å². The van der Waals surface area contributed by atoms with Crippen LogP contribution in [-0.2, 0) is 26.9 Å². The summed E-state index contributed by atoms with van der Waals surface area (Å²) in [6.45, 7) is 7.37. The van der Waals surface area contributed by atoms with Gasteiger partial charge in [0.15, 0.2) is 0 Å². The Morgan fingerprint density at radius 2 is 1.49 bits per heavy atom. The molecule has 49 heavy (non-hydrogen) atoms. The molecule has 5 aliphatic rings. The van der Waals surface area contributed by atoms with Crippen LogP contribution in [0.4, 0.5) is 9.59 Å². The average Bonchev–Trinajstić information content (AvgIpc) is 3.93. The third-order valence-electron chi connectivity index (χ3n) is 11.7. The minimum atomic E-state index is -0.520. The molecular weight excluding hydrogens is 616 g/mol. The number of aromatic amines is 2. The van der Waals surface area contributed by atoms with E-state index < -0.39 is 5.60 Å². The van der Waals surface area contributed by atoms with Gasteiger partial charge in [-0.1, -0.05) is 36.4 Å². The normalized spacial score (nSPS) is 26.8. The number of amides is 2. The standard InChI is InChI=1S/C39H48N6O4/c1-37(2,3)49-36(47)45-22-7-11-30(45)33-40-24-32(43-33)39-18-15-38(16-19-39,17-20-39)27-13-14-28-29(23-27)42-34(41-28)31-12-8-21-44(31)35(46)48-25-26-9-5-4-6-10-26/h4-6,9-10,13-14,23-24,30-31H,7-8,11-12,15-22,25H2,1-3H3,(H,40,43)(H,41,42)/t30-,31-,38?,39?/m0/s1. The highest BCUT2D eigenvalue weighted by atomic mass is 16.6. The largest absolute Gasteiger partial charge is 0.445 e. The fourth-order valence-electron chi connectivity index (χ4n) is 8.98. The van der Waals surface area contributed by atoms with Crippen molar-refractivity contribution in [2.75, 3.05) is 13.1 Å². The first-order valence-electron chi connectivity index (χ1n) is 18.1. The summed E-state index contributed by atoms with van der Waals surface area (Å²) in [4.78, 5) is 46.8. The number of benzene rings is 2. The second-order valence-corrected chi connectivity index (χ2v) is 15.8. The van der Waals surface area contributed by atoms with Crippen molar-refractivity contribution in [2.24, 2.45) is 0 Å². The molecule has 2 atom stereocenters. The lowest BCUT2D eigenvalue weighted by Gasteiger charge is -2.53. The maximum Gasteiger partial charge on any atom is 0.410 e. The SMILES string of the molecule is CC(C)(C)OC(=O)N1CCC[C@H]1c1ncc(C23CCC(c4ccc5nc([C@@H]6CCCN6C(=O)OCc6ccccc6)[nH]c5c4)(CC2)CC3)[nH]1. The number of hydrogen-bond donors (Lipinski definition) is 2. The van der Waals surface area contributed by atoms with E-state index in [1.54, 1.807) is 0 Å². The number of aromatic nitrogens is 4. The van der Waals surface area contributed by atoms with Crippen LogP contribution < -0.4 is 0 Å². The molecule has 0 spiro atoms. The van der Waals surface area contributed by atoms with Crippen molar-refractivity contribution >= 4 is 23.2 Å². The molecule has 2 aromatic heterocycles. The van der Waals surface area contributed by atoms with Crippen LogP contribution in [0.2, 0.25) is 0 Å². The number of rotatable bonds is 6. The van der Waals surface area contributed by atoms with Gasteiger partial charge in [-0.3, -0.25) is 9.80 Å². The maximum absolute atomic E-state index is 13.1. The zero-order valence-electron chi connectivity index (χ0n) is 29.0. The van der Waals surface area contributed by atoms with E-state index in [1.807, 2.05) is 67.1 Å². The van der Waals surface area contributed by atoms with E-state index in [4.69, 9.17) is 19.4 Å². The quantitative estimate of drug-likeness (QED) is 0.214. The highest BCUT2D eigenvalue weighted by molar-refractivity contribution is 5.77. The summed E-state index contributed by atoms with van der Waals surface area (Å²) in [6, 6.07) is 16.4. The Balaban J connectivity index is 0.943. The lowest BCUT2D eigenvalue weighted by Crippen LogP contribution is -2.46. The van der Waals surface area contributed by atoms with E-state index in [-0.39, 0.29) is 41.7 Å². The van der Waals surface area contributed by atoms with Crippen LogP contribution in [0, 0.1) is 0 Å². The second-order valence-electron chi connectivity index (χ2n) is 15.8. The second kappa shape index (κ2) is 12.2. The van der Waals surface area contributed by atoms with Crippen LogP contribution in [0.25, 0.3) is 11.0 Å². The minimum absolute atomic E-state index is 0.0615. The van der Waals surface area contributed by atoms with Crippen molar-refractivity contribution in [1.29, 1.82) is 0 Å². The number of imidazole rings is 2. The monoisotopic (exact) mass is 664 g/mol. The molecule has 2 aromatic carbocycles. The molecule has 4 heterocycles. The first-order valence-corrected chi connectivity index (χ1v) is 18.1. The Hall–Kier alpha value is -4.34. The van der Waals surface area contributed by atoms with Crippen LogP contribution in [0.5, 0.6) is 0 Å². The summed E-state index contributed by atoms with van der Waals surface area (Å²) >= 11 is 0. The number of H-pyrrole nitrogens is 2.